The Balaban J connectivity index is 2.11. The number of hydrogen-bond donors (Lipinski definition) is 0. The van der Waals surface area contributed by atoms with Crippen LogP contribution in [0.3, 0.4) is 0 Å². The van der Waals surface area contributed by atoms with Gasteiger partial charge < -0.3 is 0 Å². The maximum Gasteiger partial charge on any atom is 0.184 e. The van der Waals surface area contributed by atoms with Gasteiger partial charge in [0.15, 0.2) is 5.82 Å². The van der Waals surface area contributed by atoms with Crippen LogP contribution in [-0.2, 0) is 12.5 Å². The van der Waals surface area contributed by atoms with Gasteiger partial charge in [-0.3, -0.25) is 9.67 Å². The summed E-state index contributed by atoms with van der Waals surface area (Å²) >= 11 is 24.6. The molecule has 2 heterocycles. The fourth-order valence-corrected chi connectivity index (χ4v) is 3.48. The van der Waals surface area contributed by atoms with Crippen molar-refractivity contribution in [2.24, 2.45) is 7.05 Å². The molecule has 8 heteroatoms. The van der Waals surface area contributed by atoms with E-state index in [1.807, 2.05) is 6.92 Å². The molecule has 0 saturated heterocycles. The average molecular weight is 352 g/mol. The zero-order valence-corrected chi connectivity index (χ0v) is 13.7. The molecular formula is C12H10Cl4N4. The smallest absolute Gasteiger partial charge is 0.184 e. The summed E-state index contributed by atoms with van der Waals surface area (Å²) < 4.78 is 0.853. The van der Waals surface area contributed by atoms with E-state index >= 15 is 0 Å². The highest BCUT2D eigenvalue weighted by molar-refractivity contribution is 6.52. The van der Waals surface area contributed by atoms with E-state index < -0.39 is 9.75 Å². The van der Waals surface area contributed by atoms with E-state index in [1.165, 1.54) is 12.4 Å². The van der Waals surface area contributed by atoms with Crippen LogP contribution in [0.1, 0.15) is 19.2 Å². The molecular weight excluding hydrogens is 342 g/mol. The molecule has 1 fully saturated rings. The van der Waals surface area contributed by atoms with Gasteiger partial charge in [0.05, 0.1) is 21.0 Å². The van der Waals surface area contributed by atoms with Crippen LogP contribution in [0.4, 0.5) is 0 Å². The van der Waals surface area contributed by atoms with Gasteiger partial charge in [-0.1, -0.05) is 23.2 Å². The molecule has 1 unspecified atom stereocenters. The Kier molecular flexibility index (Phi) is 3.22. The number of pyridine rings is 1. The molecule has 0 spiro atoms. The number of alkyl halides is 2. The van der Waals surface area contributed by atoms with Crippen molar-refractivity contribution < 1.29 is 0 Å². The van der Waals surface area contributed by atoms with Crippen molar-refractivity contribution in [2.45, 2.75) is 23.1 Å². The minimum Gasteiger partial charge on any atom is -0.262 e. The van der Waals surface area contributed by atoms with Crippen molar-refractivity contribution in [2.75, 3.05) is 0 Å². The fraction of sp³-hybridized carbons (Fsp3) is 0.417. The molecule has 20 heavy (non-hydrogen) atoms. The summed E-state index contributed by atoms with van der Waals surface area (Å²) in [4.78, 5) is 8.43. The van der Waals surface area contributed by atoms with Crippen LogP contribution in [0.25, 0.3) is 11.4 Å². The molecule has 106 valence electrons. The van der Waals surface area contributed by atoms with Crippen LogP contribution in [-0.4, -0.2) is 24.1 Å². The van der Waals surface area contributed by atoms with E-state index in [9.17, 15) is 0 Å². The van der Waals surface area contributed by atoms with Crippen molar-refractivity contribution in [3.63, 3.8) is 0 Å². The molecule has 0 N–H and O–H groups in total. The van der Waals surface area contributed by atoms with Crippen LogP contribution >= 0.6 is 46.4 Å². The predicted molar refractivity (Wildman–Crippen MR) is 80.7 cm³/mol. The third-order valence-electron chi connectivity index (χ3n) is 3.59. The Bertz CT molecular complexity index is 677. The van der Waals surface area contributed by atoms with Crippen molar-refractivity contribution in [3.05, 3.63) is 28.3 Å². The zero-order valence-electron chi connectivity index (χ0n) is 10.7. The van der Waals surface area contributed by atoms with E-state index in [1.54, 1.807) is 11.7 Å². The van der Waals surface area contributed by atoms with Crippen molar-refractivity contribution in [1.29, 1.82) is 0 Å². The summed E-state index contributed by atoms with van der Waals surface area (Å²) in [6.07, 6.45) is 3.64. The predicted octanol–water partition coefficient (Wildman–Crippen LogP) is 4.02. The van der Waals surface area contributed by atoms with Crippen LogP contribution in [0.15, 0.2) is 12.4 Å². The summed E-state index contributed by atoms with van der Waals surface area (Å²) in [5.41, 5.74) is 0.145. The van der Waals surface area contributed by atoms with Gasteiger partial charge in [0.25, 0.3) is 0 Å². The van der Waals surface area contributed by atoms with E-state index in [0.717, 1.165) is 0 Å². The number of aromatic nitrogens is 4. The van der Waals surface area contributed by atoms with E-state index in [-0.39, 0.29) is 0 Å². The molecule has 2 aromatic rings. The molecule has 4 nitrogen and oxygen atoms in total. The first-order valence-corrected chi connectivity index (χ1v) is 7.36. The molecule has 0 aromatic carbocycles. The van der Waals surface area contributed by atoms with Gasteiger partial charge in [-0.2, -0.15) is 5.10 Å². The largest absolute Gasteiger partial charge is 0.262 e. The minimum absolute atomic E-state index is 0.401. The van der Waals surface area contributed by atoms with Crippen molar-refractivity contribution >= 4 is 46.4 Å². The van der Waals surface area contributed by atoms with Gasteiger partial charge in [0, 0.05) is 19.4 Å². The zero-order chi connectivity index (χ0) is 14.7. The number of halogens is 4. The first-order chi connectivity index (χ1) is 9.26. The highest BCUT2D eigenvalue weighted by Gasteiger charge is 2.66. The third kappa shape index (κ3) is 2.01. The number of rotatable bonds is 2. The van der Waals surface area contributed by atoms with Gasteiger partial charge in [-0.15, -0.1) is 23.2 Å². The Labute approximate surface area is 136 Å². The Morgan fingerprint density at radius 3 is 2.25 bits per heavy atom. The molecule has 0 aliphatic heterocycles. The average Bonchev–Trinajstić information content (AvgIpc) is 2.67. The topological polar surface area (TPSA) is 43.6 Å². The molecule has 0 bridgehead atoms. The Hall–Kier alpha value is -0.550. The number of nitrogens with zero attached hydrogens (tertiary/aromatic N) is 4. The van der Waals surface area contributed by atoms with Crippen LogP contribution < -0.4 is 0 Å². The lowest BCUT2D eigenvalue weighted by Crippen LogP contribution is -2.16. The number of aryl methyl sites for hydroxylation is 1. The van der Waals surface area contributed by atoms with E-state index in [2.05, 4.69) is 15.1 Å². The SMILES string of the molecule is Cn1nc(-c2c(Cl)cncc2Cl)nc1C1(C)CC1(Cl)Cl. The highest BCUT2D eigenvalue weighted by Crippen LogP contribution is 2.64. The van der Waals surface area contributed by atoms with Crippen LogP contribution in [0, 0.1) is 0 Å². The van der Waals surface area contributed by atoms with Gasteiger partial charge >= 0.3 is 0 Å². The van der Waals surface area contributed by atoms with Crippen molar-refractivity contribution in [1.82, 2.24) is 19.7 Å². The normalized spacial score (nSPS) is 23.9. The third-order valence-corrected chi connectivity index (χ3v) is 5.27. The summed E-state index contributed by atoms with van der Waals surface area (Å²) in [6, 6.07) is 0. The molecule has 0 amide bonds. The molecule has 1 aliphatic carbocycles. The Morgan fingerprint density at radius 1 is 1.20 bits per heavy atom. The fourth-order valence-electron chi connectivity index (χ4n) is 2.24. The van der Waals surface area contributed by atoms with Gasteiger partial charge in [0.2, 0.25) is 0 Å². The van der Waals surface area contributed by atoms with Crippen LogP contribution in [0.5, 0.6) is 0 Å². The second kappa shape index (κ2) is 4.47. The lowest BCUT2D eigenvalue weighted by atomic mass is 10.1. The summed E-state index contributed by atoms with van der Waals surface area (Å²) in [7, 11) is 1.79. The van der Waals surface area contributed by atoms with Gasteiger partial charge in [-0.05, 0) is 13.3 Å². The van der Waals surface area contributed by atoms with E-state index in [0.29, 0.717) is 33.7 Å². The maximum absolute atomic E-state index is 6.19. The summed E-state index contributed by atoms with van der Waals surface area (Å²) in [6.45, 7) is 1.95. The molecule has 1 saturated carbocycles. The highest BCUT2D eigenvalue weighted by atomic mass is 35.5. The first-order valence-electron chi connectivity index (χ1n) is 5.85. The first kappa shape index (κ1) is 14.4. The molecule has 1 aliphatic rings. The lowest BCUT2D eigenvalue weighted by molar-refractivity contribution is 0.613. The summed E-state index contributed by atoms with van der Waals surface area (Å²) in [5, 5.41) is 5.17. The van der Waals surface area contributed by atoms with E-state index in [4.69, 9.17) is 46.4 Å². The van der Waals surface area contributed by atoms with Crippen LogP contribution in [0.2, 0.25) is 10.0 Å². The minimum atomic E-state index is -0.809. The number of hydrogen-bond acceptors (Lipinski definition) is 3. The molecule has 1 atom stereocenters. The molecule has 2 aromatic heterocycles. The monoisotopic (exact) mass is 350 g/mol. The lowest BCUT2D eigenvalue weighted by Gasteiger charge is -2.09. The maximum atomic E-state index is 6.19. The summed E-state index contributed by atoms with van der Waals surface area (Å²) in [5.74, 6) is 1.15. The van der Waals surface area contributed by atoms with Crippen molar-refractivity contribution in [3.8, 4) is 11.4 Å². The Morgan fingerprint density at radius 2 is 1.75 bits per heavy atom. The molecule has 0 radical (unpaired) electrons. The quantitative estimate of drug-likeness (QED) is 0.767. The second-order valence-corrected chi connectivity index (χ2v) is 7.37. The van der Waals surface area contributed by atoms with Gasteiger partial charge in [0.1, 0.15) is 10.2 Å². The molecule has 3 rings (SSSR count). The van der Waals surface area contributed by atoms with Gasteiger partial charge in [-0.25, -0.2) is 4.98 Å². The standard InChI is InChI=1S/C12H10Cl4N4/c1-11(5-12(11,15)16)10-18-9(19-20(10)2)8-6(13)3-17-4-7(8)14/h3-4H,5H2,1-2H3. The second-order valence-electron chi connectivity index (χ2n) is 5.07.